The normalized spacial score (nSPS) is 11.5. The number of carboxylic acids is 1. The number of hydrogen-bond acceptors (Lipinski definition) is 1. The molecule has 0 saturated heterocycles. The van der Waals surface area contributed by atoms with Gasteiger partial charge in [0.05, 0.1) is 15.6 Å². The maximum absolute atomic E-state index is 10.7. The maximum Gasteiger partial charge on any atom is 0.337 e. The van der Waals surface area contributed by atoms with Gasteiger partial charge in [0.15, 0.2) is 0 Å². The van der Waals surface area contributed by atoms with E-state index in [4.69, 9.17) is 63.1 Å². The molecule has 1 aromatic carbocycles. The van der Waals surface area contributed by atoms with Gasteiger partial charge in [-0.05, 0) is 6.07 Å². The number of aromatic carboxylic acids is 1. The van der Waals surface area contributed by atoms with Crippen molar-refractivity contribution in [3.63, 3.8) is 0 Å². The van der Waals surface area contributed by atoms with Gasteiger partial charge in [-0.2, -0.15) is 0 Å². The fourth-order valence-corrected chi connectivity index (χ4v) is 2.10. The summed E-state index contributed by atoms with van der Waals surface area (Å²) in [5.74, 6) is -1.20. The van der Waals surface area contributed by atoms with Crippen LogP contribution in [0.2, 0.25) is 10.0 Å². The first-order valence-corrected chi connectivity index (χ1v) is 5.42. The van der Waals surface area contributed by atoms with Gasteiger partial charge in [0.1, 0.15) is 0 Å². The summed E-state index contributed by atoms with van der Waals surface area (Å²) >= 11 is 28.3. The lowest BCUT2D eigenvalue weighted by Gasteiger charge is -2.14. The summed E-state index contributed by atoms with van der Waals surface area (Å²) in [6, 6.07) is 2.54. The molecule has 0 spiro atoms. The van der Waals surface area contributed by atoms with Gasteiger partial charge >= 0.3 is 5.97 Å². The second-order valence-corrected chi connectivity index (χ2v) is 5.63. The minimum absolute atomic E-state index is 0.0726. The van der Waals surface area contributed by atoms with Crippen LogP contribution in [-0.2, 0) is 3.79 Å². The number of rotatable bonds is 1. The molecule has 0 aliphatic rings. The van der Waals surface area contributed by atoms with E-state index in [1.807, 2.05) is 0 Å². The highest BCUT2D eigenvalue weighted by Gasteiger charge is 2.28. The van der Waals surface area contributed by atoms with Gasteiger partial charge in [0.2, 0.25) is 3.79 Å². The average molecular weight is 308 g/mol. The van der Waals surface area contributed by atoms with Crippen LogP contribution in [0.1, 0.15) is 15.9 Å². The molecule has 7 heteroatoms. The monoisotopic (exact) mass is 306 g/mol. The average Bonchev–Trinajstić information content (AvgIpc) is 2.06. The van der Waals surface area contributed by atoms with E-state index >= 15 is 0 Å². The quantitative estimate of drug-likeness (QED) is 0.775. The lowest BCUT2D eigenvalue weighted by atomic mass is 10.1. The summed E-state index contributed by atoms with van der Waals surface area (Å²) < 4.78 is -1.74. The van der Waals surface area contributed by atoms with Crippen molar-refractivity contribution in [2.75, 3.05) is 0 Å². The van der Waals surface area contributed by atoms with Gasteiger partial charge in [-0.15, -0.1) is 0 Å². The number of carboxylic acid groups (broad SMARTS) is 1. The SMILES string of the molecule is O=C(O)c1ccc(C(Cl)(Cl)Cl)c(Cl)c1Cl. The molecule has 1 aromatic rings. The highest BCUT2D eigenvalue weighted by Crippen LogP contribution is 2.44. The number of hydrogen-bond donors (Lipinski definition) is 1. The molecule has 0 aliphatic heterocycles. The summed E-state index contributed by atoms with van der Waals surface area (Å²) in [5, 5.41) is 8.52. The molecule has 0 heterocycles. The summed E-state index contributed by atoms with van der Waals surface area (Å²) in [6.45, 7) is 0. The topological polar surface area (TPSA) is 37.3 Å². The fourth-order valence-electron chi connectivity index (χ4n) is 0.934. The summed E-state index contributed by atoms with van der Waals surface area (Å²) in [7, 11) is 0. The van der Waals surface area contributed by atoms with Gasteiger partial charge in [0.25, 0.3) is 0 Å². The van der Waals surface area contributed by atoms with E-state index in [0.717, 1.165) is 0 Å². The number of carbonyl (C=O) groups is 1. The largest absolute Gasteiger partial charge is 0.478 e. The third-order valence-corrected chi connectivity index (χ3v) is 3.11. The summed E-state index contributed by atoms with van der Waals surface area (Å²) in [6.07, 6.45) is 0. The molecule has 0 radical (unpaired) electrons. The molecule has 1 N–H and O–H groups in total. The van der Waals surface area contributed by atoms with Gasteiger partial charge in [-0.3, -0.25) is 0 Å². The predicted molar refractivity (Wildman–Crippen MR) is 62.7 cm³/mol. The van der Waals surface area contributed by atoms with Crippen LogP contribution in [-0.4, -0.2) is 11.1 Å². The number of halogens is 5. The molecule has 1 rings (SSSR count). The lowest BCUT2D eigenvalue weighted by Crippen LogP contribution is -2.05. The third-order valence-electron chi connectivity index (χ3n) is 1.62. The molecule has 0 fully saturated rings. The van der Waals surface area contributed by atoms with E-state index in [9.17, 15) is 4.79 Å². The molecule has 0 bridgehead atoms. The molecule has 0 unspecified atom stereocenters. The van der Waals surface area contributed by atoms with Gasteiger partial charge in [-0.25, -0.2) is 4.79 Å². The molecular weight excluding hydrogens is 305 g/mol. The molecule has 0 aromatic heterocycles. The Bertz CT molecular complexity index is 410. The fraction of sp³-hybridized carbons (Fsp3) is 0.125. The molecule has 82 valence electrons. The Morgan fingerprint density at radius 3 is 2.07 bits per heavy atom. The molecule has 0 amide bonds. The second-order valence-electron chi connectivity index (χ2n) is 2.59. The van der Waals surface area contributed by atoms with Crippen LogP contribution in [0, 0.1) is 0 Å². The van der Waals surface area contributed by atoms with Crippen molar-refractivity contribution >= 4 is 64.0 Å². The van der Waals surface area contributed by atoms with Crippen molar-refractivity contribution in [1.82, 2.24) is 0 Å². The maximum atomic E-state index is 10.7. The van der Waals surface area contributed by atoms with E-state index in [1.165, 1.54) is 12.1 Å². The van der Waals surface area contributed by atoms with E-state index in [2.05, 4.69) is 0 Å². The van der Waals surface area contributed by atoms with E-state index < -0.39 is 9.76 Å². The Kier molecular flexibility index (Phi) is 4.01. The van der Waals surface area contributed by atoms with Crippen molar-refractivity contribution < 1.29 is 9.90 Å². The van der Waals surface area contributed by atoms with Crippen molar-refractivity contribution in [3.05, 3.63) is 33.3 Å². The van der Waals surface area contributed by atoms with Crippen LogP contribution in [0.15, 0.2) is 12.1 Å². The zero-order valence-electron chi connectivity index (χ0n) is 6.90. The number of alkyl halides is 3. The molecule has 0 atom stereocenters. The number of benzene rings is 1. The van der Waals surface area contributed by atoms with Crippen LogP contribution in [0.5, 0.6) is 0 Å². The summed E-state index contributed by atoms with van der Waals surface area (Å²) in [4.78, 5) is 10.7. The van der Waals surface area contributed by atoms with Crippen LogP contribution >= 0.6 is 58.0 Å². The minimum atomic E-state index is -1.74. The van der Waals surface area contributed by atoms with Crippen molar-refractivity contribution in [1.29, 1.82) is 0 Å². The van der Waals surface area contributed by atoms with Crippen molar-refractivity contribution in [2.45, 2.75) is 3.79 Å². The Labute approximate surface area is 111 Å². The first-order chi connectivity index (χ1) is 6.75. The van der Waals surface area contributed by atoms with Crippen molar-refractivity contribution in [3.8, 4) is 0 Å². The van der Waals surface area contributed by atoms with Crippen LogP contribution in [0.25, 0.3) is 0 Å². The molecule has 0 aliphatic carbocycles. The van der Waals surface area contributed by atoms with Gasteiger partial charge in [-0.1, -0.05) is 64.1 Å². The highest BCUT2D eigenvalue weighted by molar-refractivity contribution is 6.67. The van der Waals surface area contributed by atoms with Gasteiger partial charge in [0, 0.05) is 5.56 Å². The molecule has 15 heavy (non-hydrogen) atoms. The predicted octanol–water partition coefficient (Wildman–Crippen LogP) is 4.52. The molecule has 0 saturated carbocycles. The molecular formula is C8H3Cl5O2. The zero-order chi connectivity index (χ0) is 11.8. The summed E-state index contributed by atoms with van der Waals surface area (Å²) in [5.41, 5.74) is 0.00355. The van der Waals surface area contributed by atoms with Crippen LogP contribution < -0.4 is 0 Å². The Morgan fingerprint density at radius 2 is 1.67 bits per heavy atom. The minimum Gasteiger partial charge on any atom is -0.478 e. The van der Waals surface area contributed by atoms with E-state index in [0.29, 0.717) is 0 Å². The van der Waals surface area contributed by atoms with E-state index in [1.54, 1.807) is 0 Å². The molecule has 2 nitrogen and oxygen atoms in total. The Hall–Kier alpha value is 0.140. The smallest absolute Gasteiger partial charge is 0.337 e. The standard InChI is InChI=1S/C8H3Cl5O2/c9-5-3(7(14)15)1-2-4(6(5)10)8(11,12)13/h1-2H,(H,14,15). The first-order valence-electron chi connectivity index (χ1n) is 3.53. The first kappa shape index (κ1) is 13.2. The van der Waals surface area contributed by atoms with Crippen molar-refractivity contribution in [2.24, 2.45) is 0 Å². The third kappa shape index (κ3) is 2.83. The zero-order valence-corrected chi connectivity index (χ0v) is 10.7. The Balaban J connectivity index is 3.41. The lowest BCUT2D eigenvalue weighted by molar-refractivity contribution is 0.0697. The van der Waals surface area contributed by atoms with E-state index in [-0.39, 0.29) is 21.2 Å². The van der Waals surface area contributed by atoms with Crippen LogP contribution in [0.4, 0.5) is 0 Å². The van der Waals surface area contributed by atoms with Gasteiger partial charge < -0.3 is 5.11 Å². The Morgan fingerprint density at radius 1 is 1.13 bits per heavy atom. The van der Waals surface area contributed by atoms with Crippen LogP contribution in [0.3, 0.4) is 0 Å². The second kappa shape index (κ2) is 4.56. The highest BCUT2D eigenvalue weighted by atomic mass is 35.6.